The number of aliphatic hydroxyl groups is 1. The molecule has 0 unspecified atom stereocenters. The van der Waals surface area contributed by atoms with Crippen LogP contribution in [-0.2, 0) is 19.0 Å². The Balaban J connectivity index is 5.75. The van der Waals surface area contributed by atoms with Gasteiger partial charge in [-0.05, 0) is 54.4 Å². The quantitative estimate of drug-likeness (QED) is 0.416. The number of hydrogen-bond acceptors (Lipinski definition) is 7. The van der Waals surface area contributed by atoms with Crippen LogP contribution in [0.3, 0.4) is 0 Å². The molecule has 1 atom stereocenters. The highest BCUT2D eigenvalue weighted by Gasteiger charge is 2.40. The van der Waals surface area contributed by atoms with Gasteiger partial charge in [0.15, 0.2) is 0 Å². The fourth-order valence-corrected chi connectivity index (χ4v) is 1.83. The summed E-state index contributed by atoms with van der Waals surface area (Å²) in [4.78, 5) is 38.2. The van der Waals surface area contributed by atoms with Gasteiger partial charge in [0.05, 0.1) is 0 Å². The van der Waals surface area contributed by atoms with Crippen molar-refractivity contribution in [1.29, 1.82) is 0 Å². The minimum atomic E-state index is -1.29. The number of esters is 1. The van der Waals surface area contributed by atoms with Crippen LogP contribution in [0.4, 0.5) is 9.59 Å². The molecule has 1 N–H and O–H groups in total. The smallest absolute Gasteiger partial charge is 0.420 e. The van der Waals surface area contributed by atoms with Crippen molar-refractivity contribution in [2.75, 3.05) is 13.2 Å². The predicted molar refractivity (Wildman–Crippen MR) is 95.6 cm³/mol. The Morgan fingerprint density at radius 3 is 1.85 bits per heavy atom. The van der Waals surface area contributed by atoms with Crippen molar-refractivity contribution < 1.29 is 33.7 Å². The molecule has 0 rings (SSSR count). The zero-order valence-electron chi connectivity index (χ0n) is 16.5. The second kappa shape index (κ2) is 10.2. The third-order valence-electron chi connectivity index (χ3n) is 2.74. The topological polar surface area (TPSA) is 102 Å². The number of rotatable bonds is 7. The lowest BCUT2D eigenvalue weighted by Gasteiger charge is -2.32. The van der Waals surface area contributed by atoms with E-state index in [0.717, 1.165) is 0 Å². The van der Waals surface area contributed by atoms with Crippen LogP contribution in [0.25, 0.3) is 0 Å². The van der Waals surface area contributed by atoms with E-state index in [1.165, 1.54) is 6.08 Å². The van der Waals surface area contributed by atoms with Crippen LogP contribution in [0.1, 0.15) is 54.4 Å². The molecule has 0 saturated carbocycles. The van der Waals surface area contributed by atoms with Gasteiger partial charge >= 0.3 is 18.2 Å². The number of hydrogen-bond donors (Lipinski definition) is 1. The molecule has 26 heavy (non-hydrogen) atoms. The molecule has 150 valence electrons. The molecular formula is C18H31NO7. The molecule has 0 bridgehead atoms. The van der Waals surface area contributed by atoms with Crippen molar-refractivity contribution in [3.63, 3.8) is 0 Å². The molecule has 0 fully saturated rings. The maximum absolute atomic E-state index is 12.6. The molecule has 8 nitrogen and oxygen atoms in total. The lowest BCUT2D eigenvalue weighted by Crippen LogP contribution is -2.52. The van der Waals surface area contributed by atoms with Crippen molar-refractivity contribution in [2.45, 2.75) is 71.6 Å². The lowest BCUT2D eigenvalue weighted by atomic mass is 10.1. The molecule has 0 aliphatic rings. The molecule has 0 aromatic heterocycles. The molecule has 0 radical (unpaired) electrons. The van der Waals surface area contributed by atoms with E-state index in [1.807, 2.05) is 0 Å². The predicted octanol–water partition coefficient (Wildman–Crippen LogP) is 3.03. The van der Waals surface area contributed by atoms with Crippen LogP contribution >= 0.6 is 0 Å². The first-order valence-corrected chi connectivity index (χ1v) is 8.46. The second-order valence-electron chi connectivity index (χ2n) is 7.63. The van der Waals surface area contributed by atoms with Gasteiger partial charge in [0.1, 0.15) is 23.9 Å². The van der Waals surface area contributed by atoms with Crippen LogP contribution in [0.5, 0.6) is 0 Å². The molecule has 0 aliphatic carbocycles. The van der Waals surface area contributed by atoms with Gasteiger partial charge < -0.3 is 19.3 Å². The second-order valence-corrected chi connectivity index (χ2v) is 7.63. The van der Waals surface area contributed by atoms with E-state index in [-0.39, 0.29) is 26.1 Å². The summed E-state index contributed by atoms with van der Waals surface area (Å²) in [5.74, 6) is -0.810. The zero-order chi connectivity index (χ0) is 20.5. The Kier molecular flexibility index (Phi) is 9.34. The number of carbonyl (C=O) groups excluding carboxylic acids is 3. The molecule has 0 spiro atoms. The fourth-order valence-electron chi connectivity index (χ4n) is 1.83. The SMILES string of the molecule is C=CCOC(=O)[C@H](CCCO)N(C(=O)OC(C)(C)C)C(=O)OC(C)(C)C. The summed E-state index contributed by atoms with van der Waals surface area (Å²) >= 11 is 0. The summed E-state index contributed by atoms with van der Waals surface area (Å²) in [5, 5.41) is 9.09. The first-order chi connectivity index (χ1) is 11.8. The van der Waals surface area contributed by atoms with Crippen molar-refractivity contribution in [3.05, 3.63) is 12.7 Å². The van der Waals surface area contributed by atoms with Crippen molar-refractivity contribution in [1.82, 2.24) is 4.90 Å². The Morgan fingerprint density at radius 2 is 1.50 bits per heavy atom. The highest BCUT2D eigenvalue weighted by atomic mass is 16.6. The normalized spacial score (nSPS) is 12.7. The average Bonchev–Trinajstić information content (AvgIpc) is 2.44. The van der Waals surface area contributed by atoms with E-state index >= 15 is 0 Å². The van der Waals surface area contributed by atoms with Crippen LogP contribution in [0, 0.1) is 0 Å². The van der Waals surface area contributed by atoms with E-state index in [9.17, 15) is 14.4 Å². The third kappa shape index (κ3) is 9.41. The summed E-state index contributed by atoms with van der Waals surface area (Å²) in [6.45, 7) is 13.0. The number of carbonyl (C=O) groups is 3. The van der Waals surface area contributed by atoms with E-state index in [1.54, 1.807) is 41.5 Å². The summed E-state index contributed by atoms with van der Waals surface area (Å²) in [7, 11) is 0. The molecule has 2 amide bonds. The minimum Gasteiger partial charge on any atom is -0.460 e. The fraction of sp³-hybridized carbons (Fsp3) is 0.722. The molecule has 0 aliphatic heterocycles. The van der Waals surface area contributed by atoms with Crippen molar-refractivity contribution in [2.24, 2.45) is 0 Å². The molecular weight excluding hydrogens is 342 g/mol. The molecule has 0 aromatic carbocycles. The van der Waals surface area contributed by atoms with Crippen molar-refractivity contribution >= 4 is 18.2 Å². The van der Waals surface area contributed by atoms with E-state index < -0.39 is 35.4 Å². The van der Waals surface area contributed by atoms with Gasteiger partial charge in [-0.3, -0.25) is 0 Å². The standard InChI is InChI=1S/C18H31NO7/c1-8-12-24-14(21)13(10-9-11-20)19(15(22)25-17(2,3)4)16(23)26-18(5,6)7/h8,13,20H,1,9-12H2,2-7H3/t13-/m0/s1. The lowest BCUT2D eigenvalue weighted by molar-refractivity contribution is -0.148. The largest absolute Gasteiger partial charge is 0.460 e. The molecule has 0 saturated heterocycles. The van der Waals surface area contributed by atoms with Gasteiger partial charge in [-0.25, -0.2) is 14.4 Å². The average molecular weight is 373 g/mol. The van der Waals surface area contributed by atoms with Gasteiger partial charge in [-0.15, -0.1) is 0 Å². The van der Waals surface area contributed by atoms with E-state index in [2.05, 4.69) is 6.58 Å². The molecule has 0 aromatic rings. The highest BCUT2D eigenvalue weighted by Crippen LogP contribution is 2.20. The van der Waals surface area contributed by atoms with Gasteiger partial charge in [0, 0.05) is 6.61 Å². The zero-order valence-corrected chi connectivity index (χ0v) is 16.5. The van der Waals surface area contributed by atoms with Crippen LogP contribution in [-0.4, -0.2) is 58.6 Å². The van der Waals surface area contributed by atoms with Crippen LogP contribution in [0.2, 0.25) is 0 Å². The van der Waals surface area contributed by atoms with Gasteiger partial charge in [-0.2, -0.15) is 4.90 Å². The first-order valence-electron chi connectivity index (χ1n) is 8.46. The minimum absolute atomic E-state index is 0.00492. The highest BCUT2D eigenvalue weighted by molar-refractivity contribution is 5.94. The Labute approximate surface area is 155 Å². The Morgan fingerprint density at radius 1 is 1.04 bits per heavy atom. The van der Waals surface area contributed by atoms with E-state index in [0.29, 0.717) is 4.90 Å². The van der Waals surface area contributed by atoms with Gasteiger partial charge in [-0.1, -0.05) is 12.7 Å². The maximum Gasteiger partial charge on any atom is 0.420 e. The number of aliphatic hydroxyl groups excluding tert-OH is 1. The monoisotopic (exact) mass is 373 g/mol. The summed E-state index contributed by atoms with van der Waals surface area (Å²) in [5.41, 5.74) is -1.77. The molecule has 0 heterocycles. The van der Waals surface area contributed by atoms with Crippen molar-refractivity contribution in [3.8, 4) is 0 Å². The van der Waals surface area contributed by atoms with E-state index in [4.69, 9.17) is 19.3 Å². The summed E-state index contributed by atoms with van der Waals surface area (Å²) in [6, 6.07) is -1.29. The molecule has 8 heteroatoms. The number of ether oxygens (including phenoxy) is 3. The van der Waals surface area contributed by atoms with Crippen LogP contribution in [0.15, 0.2) is 12.7 Å². The van der Waals surface area contributed by atoms with Gasteiger partial charge in [0.25, 0.3) is 0 Å². The maximum atomic E-state index is 12.6. The number of imide groups is 1. The Hall–Kier alpha value is -2.09. The summed E-state index contributed by atoms with van der Waals surface area (Å²) < 4.78 is 15.5. The third-order valence-corrected chi connectivity index (χ3v) is 2.74. The van der Waals surface area contributed by atoms with Crippen LogP contribution < -0.4 is 0 Å². The van der Waals surface area contributed by atoms with Gasteiger partial charge in [0.2, 0.25) is 0 Å². The summed E-state index contributed by atoms with van der Waals surface area (Å²) in [6.07, 6.45) is -0.497. The first kappa shape index (κ1) is 23.9. The Bertz CT molecular complexity index is 475. The number of nitrogens with zero attached hydrogens (tertiary/aromatic N) is 1. The number of amides is 2.